The minimum absolute atomic E-state index is 0.0829. The van der Waals surface area contributed by atoms with E-state index in [2.05, 4.69) is 0 Å². The van der Waals surface area contributed by atoms with Crippen molar-refractivity contribution >= 4 is 21.4 Å². The highest BCUT2D eigenvalue weighted by atomic mass is 32.2. The van der Waals surface area contributed by atoms with Gasteiger partial charge in [0.25, 0.3) is 0 Å². The lowest BCUT2D eigenvalue weighted by atomic mass is 9.99. The fraction of sp³-hybridized carbons (Fsp3) is 0.467. The maximum Gasteiger partial charge on any atom is 0.188 e. The molecule has 20 heavy (non-hydrogen) atoms. The maximum atomic E-state index is 12.5. The molecule has 108 valence electrons. The van der Waals surface area contributed by atoms with E-state index >= 15 is 0 Å². The Morgan fingerprint density at radius 2 is 1.95 bits per heavy atom. The van der Waals surface area contributed by atoms with Gasteiger partial charge in [0.1, 0.15) is 16.8 Å². The number of carbonyl (C=O) groups is 2. The van der Waals surface area contributed by atoms with Crippen molar-refractivity contribution in [3.05, 3.63) is 30.3 Å². The van der Waals surface area contributed by atoms with E-state index in [1.165, 1.54) is 19.1 Å². The summed E-state index contributed by atoms with van der Waals surface area (Å²) in [6.45, 7) is 1.28. The number of benzene rings is 1. The van der Waals surface area contributed by atoms with Crippen LogP contribution in [0.4, 0.5) is 0 Å². The number of hydrogen-bond acceptors (Lipinski definition) is 4. The third-order valence-corrected chi connectivity index (χ3v) is 6.03. The van der Waals surface area contributed by atoms with Crippen LogP contribution in [-0.4, -0.2) is 25.2 Å². The SMILES string of the molecule is CC(=O)[C@H](C[C@H]1CCCC1=O)S(=O)(=O)c1ccccc1. The van der Waals surface area contributed by atoms with Crippen molar-refractivity contribution in [1.82, 2.24) is 0 Å². The average molecular weight is 294 g/mol. The lowest BCUT2D eigenvalue weighted by molar-refractivity contribution is -0.121. The van der Waals surface area contributed by atoms with Gasteiger partial charge in [0, 0.05) is 12.3 Å². The highest BCUT2D eigenvalue weighted by Crippen LogP contribution is 2.30. The zero-order valence-corrected chi connectivity index (χ0v) is 12.2. The van der Waals surface area contributed by atoms with Crippen molar-refractivity contribution in [3.8, 4) is 0 Å². The van der Waals surface area contributed by atoms with Gasteiger partial charge in [0.2, 0.25) is 0 Å². The van der Waals surface area contributed by atoms with E-state index in [0.717, 1.165) is 6.42 Å². The minimum Gasteiger partial charge on any atom is -0.299 e. The molecule has 0 aliphatic heterocycles. The van der Waals surface area contributed by atoms with Crippen LogP contribution < -0.4 is 0 Å². The molecule has 1 aliphatic rings. The number of Topliss-reactive ketones (excluding diaryl/α,β-unsaturated/α-hetero) is 2. The Morgan fingerprint density at radius 1 is 1.30 bits per heavy atom. The van der Waals surface area contributed by atoms with Gasteiger partial charge in [0.15, 0.2) is 9.84 Å². The van der Waals surface area contributed by atoms with Gasteiger partial charge in [-0.05, 0) is 38.3 Å². The van der Waals surface area contributed by atoms with E-state index in [4.69, 9.17) is 0 Å². The van der Waals surface area contributed by atoms with E-state index in [9.17, 15) is 18.0 Å². The topological polar surface area (TPSA) is 68.3 Å². The van der Waals surface area contributed by atoms with E-state index in [1.807, 2.05) is 0 Å². The molecule has 0 saturated heterocycles. The van der Waals surface area contributed by atoms with Gasteiger partial charge in [-0.25, -0.2) is 8.42 Å². The van der Waals surface area contributed by atoms with Gasteiger partial charge in [0.05, 0.1) is 4.90 Å². The van der Waals surface area contributed by atoms with Gasteiger partial charge >= 0.3 is 0 Å². The monoisotopic (exact) mass is 294 g/mol. The molecule has 0 radical (unpaired) electrons. The van der Waals surface area contributed by atoms with Crippen molar-refractivity contribution in [2.75, 3.05) is 0 Å². The molecule has 0 heterocycles. The predicted octanol–water partition coefficient (Wildman–Crippen LogP) is 2.18. The molecule has 1 fully saturated rings. The zero-order valence-electron chi connectivity index (χ0n) is 11.4. The summed E-state index contributed by atoms with van der Waals surface area (Å²) < 4.78 is 25.1. The summed E-state index contributed by atoms with van der Waals surface area (Å²) in [5.74, 6) is -0.601. The Morgan fingerprint density at radius 3 is 2.45 bits per heavy atom. The Kier molecular flexibility index (Phi) is 4.38. The van der Waals surface area contributed by atoms with Crippen molar-refractivity contribution in [2.24, 2.45) is 5.92 Å². The smallest absolute Gasteiger partial charge is 0.188 e. The standard InChI is InChI=1S/C15H18O4S/c1-11(16)15(10-12-6-5-9-14(12)17)20(18,19)13-7-3-2-4-8-13/h2-4,7-8,12,15H,5-6,9-10H2,1H3/t12-,15+/m1/s1. The normalized spacial score (nSPS) is 20.9. The van der Waals surface area contributed by atoms with Gasteiger partial charge in [-0.2, -0.15) is 0 Å². The molecule has 0 spiro atoms. The van der Waals surface area contributed by atoms with Crippen molar-refractivity contribution in [3.63, 3.8) is 0 Å². The molecule has 2 rings (SSSR count). The zero-order chi connectivity index (χ0) is 14.8. The number of rotatable bonds is 5. The first-order valence-corrected chi connectivity index (χ1v) is 8.29. The van der Waals surface area contributed by atoms with Crippen LogP contribution in [0.15, 0.2) is 35.2 Å². The summed E-state index contributed by atoms with van der Waals surface area (Å²) in [5.41, 5.74) is 0. The van der Waals surface area contributed by atoms with Crippen LogP contribution in [0.25, 0.3) is 0 Å². The summed E-state index contributed by atoms with van der Waals surface area (Å²) in [7, 11) is -3.71. The highest BCUT2D eigenvalue weighted by Gasteiger charge is 2.36. The molecular weight excluding hydrogens is 276 g/mol. The first-order chi connectivity index (χ1) is 9.43. The number of sulfone groups is 1. The number of hydrogen-bond donors (Lipinski definition) is 0. The fourth-order valence-electron chi connectivity index (χ4n) is 2.68. The summed E-state index contributed by atoms with van der Waals surface area (Å²) in [5, 5.41) is -1.11. The van der Waals surface area contributed by atoms with Gasteiger partial charge < -0.3 is 0 Å². The average Bonchev–Trinajstić information content (AvgIpc) is 2.82. The Balaban J connectivity index is 2.29. The molecule has 5 heteroatoms. The summed E-state index contributed by atoms with van der Waals surface area (Å²) in [4.78, 5) is 23.6. The Hall–Kier alpha value is -1.49. The molecule has 1 saturated carbocycles. The Labute approximate surface area is 119 Å². The highest BCUT2D eigenvalue weighted by molar-refractivity contribution is 7.92. The molecule has 0 bridgehead atoms. The second-order valence-electron chi connectivity index (χ2n) is 5.25. The molecule has 0 unspecified atom stereocenters. The van der Waals surface area contributed by atoms with Crippen LogP contribution in [-0.2, 0) is 19.4 Å². The summed E-state index contributed by atoms with van der Waals surface area (Å²) in [6, 6.07) is 7.96. The minimum atomic E-state index is -3.71. The van der Waals surface area contributed by atoms with Crippen LogP contribution in [0.5, 0.6) is 0 Å². The second kappa shape index (κ2) is 5.87. The van der Waals surface area contributed by atoms with Crippen LogP contribution in [0, 0.1) is 5.92 Å². The fourth-order valence-corrected chi connectivity index (χ4v) is 4.47. The number of ketones is 2. The first kappa shape index (κ1) is 14.9. The molecule has 1 aromatic rings. The molecule has 0 amide bonds. The van der Waals surface area contributed by atoms with E-state index in [-0.39, 0.29) is 23.0 Å². The predicted molar refractivity (Wildman–Crippen MR) is 75.1 cm³/mol. The third kappa shape index (κ3) is 2.98. The second-order valence-corrected chi connectivity index (χ2v) is 7.38. The largest absolute Gasteiger partial charge is 0.299 e. The van der Waals surface area contributed by atoms with E-state index < -0.39 is 20.9 Å². The van der Waals surface area contributed by atoms with E-state index in [1.54, 1.807) is 18.2 Å². The maximum absolute atomic E-state index is 12.5. The quantitative estimate of drug-likeness (QED) is 0.834. The summed E-state index contributed by atoms with van der Waals surface area (Å²) in [6.07, 6.45) is 2.10. The van der Waals surface area contributed by atoms with Crippen molar-refractivity contribution in [2.45, 2.75) is 42.8 Å². The van der Waals surface area contributed by atoms with Crippen LogP contribution in [0.2, 0.25) is 0 Å². The van der Waals surface area contributed by atoms with Crippen LogP contribution in [0.3, 0.4) is 0 Å². The molecule has 1 aromatic carbocycles. The molecule has 0 aromatic heterocycles. The van der Waals surface area contributed by atoms with Gasteiger partial charge in [-0.3, -0.25) is 9.59 Å². The molecule has 0 N–H and O–H groups in total. The van der Waals surface area contributed by atoms with Gasteiger partial charge in [-0.15, -0.1) is 0 Å². The molecule has 1 aliphatic carbocycles. The van der Waals surface area contributed by atoms with Crippen molar-refractivity contribution < 1.29 is 18.0 Å². The lowest BCUT2D eigenvalue weighted by Gasteiger charge is -2.18. The van der Waals surface area contributed by atoms with Gasteiger partial charge in [-0.1, -0.05) is 18.2 Å². The molecule has 2 atom stereocenters. The first-order valence-electron chi connectivity index (χ1n) is 6.75. The summed E-state index contributed by atoms with van der Waals surface area (Å²) >= 11 is 0. The van der Waals surface area contributed by atoms with Crippen LogP contribution in [0.1, 0.15) is 32.6 Å². The lowest BCUT2D eigenvalue weighted by Crippen LogP contribution is -2.32. The number of carbonyl (C=O) groups excluding carboxylic acids is 2. The van der Waals surface area contributed by atoms with Crippen LogP contribution >= 0.6 is 0 Å². The molecule has 4 nitrogen and oxygen atoms in total. The Bertz CT molecular complexity index is 604. The third-order valence-electron chi connectivity index (χ3n) is 3.83. The van der Waals surface area contributed by atoms with E-state index in [0.29, 0.717) is 12.8 Å². The van der Waals surface area contributed by atoms with Crippen molar-refractivity contribution in [1.29, 1.82) is 0 Å². The molecular formula is C15H18O4S.